The summed E-state index contributed by atoms with van der Waals surface area (Å²) >= 11 is 0. The largest absolute Gasteiger partial charge is 0.493 e. The topological polar surface area (TPSA) is 49.7 Å². The minimum absolute atomic E-state index is 0.320. The molecule has 0 saturated heterocycles. The van der Waals surface area contributed by atoms with Gasteiger partial charge < -0.3 is 14.8 Å². The summed E-state index contributed by atoms with van der Waals surface area (Å²) in [7, 11) is 3.07. The molecule has 0 amide bonds. The molecule has 0 saturated carbocycles. The molecule has 6 heteroatoms. The molecule has 74 valence electrons. The Morgan fingerprint density at radius 1 is 1.36 bits per heavy atom. The SMILES string of the molecule is BC(C)(P)Oc1ccc(B(O)O)cc1. The first-order chi connectivity index (χ1) is 6.38. The maximum atomic E-state index is 8.86. The summed E-state index contributed by atoms with van der Waals surface area (Å²) < 4.78 is 5.54. The van der Waals surface area contributed by atoms with E-state index in [0.717, 1.165) is 0 Å². The molecule has 0 radical (unpaired) electrons. The summed E-state index contributed by atoms with van der Waals surface area (Å²) in [5.41, 5.74) is 0.457. The summed E-state index contributed by atoms with van der Waals surface area (Å²) in [5, 5.41) is 17.4. The number of hydrogen-bond donors (Lipinski definition) is 2. The smallest absolute Gasteiger partial charge is 0.488 e. The van der Waals surface area contributed by atoms with Crippen LogP contribution in [0.5, 0.6) is 5.75 Å². The van der Waals surface area contributed by atoms with E-state index in [1.807, 2.05) is 14.8 Å². The van der Waals surface area contributed by atoms with Crippen molar-refractivity contribution in [2.24, 2.45) is 0 Å². The number of rotatable bonds is 3. The molecule has 1 aromatic rings. The maximum Gasteiger partial charge on any atom is 0.488 e. The highest BCUT2D eigenvalue weighted by atomic mass is 31.0. The van der Waals surface area contributed by atoms with Gasteiger partial charge in [-0.1, -0.05) is 12.1 Å². The van der Waals surface area contributed by atoms with Crippen molar-refractivity contribution in [2.75, 3.05) is 0 Å². The average Bonchev–Trinajstić information content (AvgIpc) is 2.02. The van der Waals surface area contributed by atoms with Crippen molar-refractivity contribution in [2.45, 2.75) is 12.2 Å². The molecule has 1 aromatic carbocycles. The van der Waals surface area contributed by atoms with Crippen LogP contribution in [0, 0.1) is 0 Å². The van der Waals surface area contributed by atoms with Crippen molar-refractivity contribution in [1.82, 2.24) is 0 Å². The van der Waals surface area contributed by atoms with Crippen LogP contribution in [-0.4, -0.2) is 30.3 Å². The normalized spacial score (nSPS) is 14.6. The van der Waals surface area contributed by atoms with Crippen LogP contribution in [0.25, 0.3) is 0 Å². The summed E-state index contributed by atoms with van der Waals surface area (Å²) in [4.78, 5) is 0. The second kappa shape index (κ2) is 4.35. The van der Waals surface area contributed by atoms with Gasteiger partial charge in [0, 0.05) is 0 Å². The zero-order valence-electron chi connectivity index (χ0n) is 8.27. The van der Waals surface area contributed by atoms with Gasteiger partial charge in [-0.05, 0) is 24.5 Å². The second-order valence-corrected chi connectivity index (χ2v) is 5.04. The van der Waals surface area contributed by atoms with E-state index in [0.29, 0.717) is 11.2 Å². The lowest BCUT2D eigenvalue weighted by Crippen LogP contribution is -2.29. The van der Waals surface area contributed by atoms with E-state index in [1.54, 1.807) is 24.3 Å². The Labute approximate surface area is 87.2 Å². The predicted octanol–water partition coefficient (Wildman–Crippen LogP) is -1.07. The molecule has 0 spiro atoms. The lowest BCUT2D eigenvalue weighted by atomic mass is 9.80. The van der Waals surface area contributed by atoms with Crippen molar-refractivity contribution in [3.8, 4) is 5.75 Å². The van der Waals surface area contributed by atoms with Crippen molar-refractivity contribution < 1.29 is 14.8 Å². The summed E-state index contributed by atoms with van der Waals surface area (Å²) in [6.07, 6.45) is 0. The summed E-state index contributed by atoms with van der Waals surface area (Å²) in [6, 6.07) is 6.66. The van der Waals surface area contributed by atoms with Crippen molar-refractivity contribution >= 4 is 29.7 Å². The first kappa shape index (κ1) is 11.6. The van der Waals surface area contributed by atoms with Gasteiger partial charge in [0.15, 0.2) is 7.85 Å². The minimum atomic E-state index is -1.42. The van der Waals surface area contributed by atoms with Crippen LogP contribution in [0.15, 0.2) is 24.3 Å². The van der Waals surface area contributed by atoms with Crippen LogP contribution >= 0.6 is 9.24 Å². The highest BCUT2D eigenvalue weighted by Gasteiger charge is 2.13. The third-order valence-electron chi connectivity index (χ3n) is 1.56. The molecule has 0 fully saturated rings. The fourth-order valence-corrected chi connectivity index (χ4v) is 1.15. The Hall–Kier alpha value is -0.500. The number of hydrogen-bond acceptors (Lipinski definition) is 3. The van der Waals surface area contributed by atoms with Crippen molar-refractivity contribution in [3.63, 3.8) is 0 Å². The molecule has 2 atom stereocenters. The monoisotopic (exact) mass is 210 g/mol. The molecule has 0 aliphatic heterocycles. The molecule has 3 nitrogen and oxygen atoms in total. The lowest BCUT2D eigenvalue weighted by Gasteiger charge is -2.21. The highest BCUT2D eigenvalue weighted by molar-refractivity contribution is 7.21. The van der Waals surface area contributed by atoms with E-state index in [9.17, 15) is 0 Å². The zero-order valence-corrected chi connectivity index (χ0v) is 9.42. The van der Waals surface area contributed by atoms with Gasteiger partial charge in [0.1, 0.15) is 5.75 Å². The number of benzene rings is 1. The molecule has 2 unspecified atom stereocenters. The van der Waals surface area contributed by atoms with Gasteiger partial charge in [0.25, 0.3) is 0 Å². The Bertz CT molecular complexity index is 294. The molecule has 0 bridgehead atoms. The van der Waals surface area contributed by atoms with Crippen LogP contribution in [0.1, 0.15) is 6.92 Å². The first-order valence-electron chi connectivity index (χ1n) is 4.32. The quantitative estimate of drug-likeness (QED) is 0.493. The first-order valence-corrected chi connectivity index (χ1v) is 4.90. The minimum Gasteiger partial charge on any atom is -0.493 e. The molecule has 0 aromatic heterocycles. The number of ether oxygens (including phenoxy) is 1. The van der Waals surface area contributed by atoms with Gasteiger partial charge in [0.2, 0.25) is 0 Å². The zero-order chi connectivity index (χ0) is 10.8. The molecular formula is C8H13B2O3P. The van der Waals surface area contributed by atoms with Crippen LogP contribution in [-0.2, 0) is 0 Å². The van der Waals surface area contributed by atoms with Crippen LogP contribution in [0.2, 0.25) is 0 Å². The van der Waals surface area contributed by atoms with E-state index in [4.69, 9.17) is 14.8 Å². The van der Waals surface area contributed by atoms with Crippen LogP contribution in [0.3, 0.4) is 0 Å². The van der Waals surface area contributed by atoms with Gasteiger partial charge in [0.05, 0.1) is 5.24 Å². The van der Waals surface area contributed by atoms with Gasteiger partial charge >= 0.3 is 7.12 Å². The molecular weight excluding hydrogens is 197 g/mol. The molecule has 0 heterocycles. The fraction of sp³-hybridized carbons (Fsp3) is 0.250. The lowest BCUT2D eigenvalue weighted by molar-refractivity contribution is 0.268. The van der Waals surface area contributed by atoms with E-state index in [2.05, 4.69) is 9.24 Å². The van der Waals surface area contributed by atoms with Crippen LogP contribution < -0.4 is 10.2 Å². The maximum absolute atomic E-state index is 8.86. The Morgan fingerprint density at radius 2 is 1.86 bits per heavy atom. The fourth-order valence-electron chi connectivity index (χ4n) is 1.01. The molecule has 2 N–H and O–H groups in total. The van der Waals surface area contributed by atoms with Crippen molar-refractivity contribution in [1.29, 1.82) is 0 Å². The third-order valence-corrected chi connectivity index (χ3v) is 1.68. The Balaban J connectivity index is 2.74. The summed E-state index contributed by atoms with van der Waals surface area (Å²) in [5.74, 6) is 0.703. The van der Waals surface area contributed by atoms with Gasteiger partial charge in [-0.2, -0.15) is 0 Å². The standard InChI is InChI=1S/C8H13B2O3P/c1-8(9,14)13-7-4-2-6(3-5-7)10(11)12/h2-5,11-12H,9,14H2,1H3. The Morgan fingerprint density at radius 3 is 2.21 bits per heavy atom. The predicted molar refractivity (Wildman–Crippen MR) is 63.6 cm³/mol. The molecule has 14 heavy (non-hydrogen) atoms. The van der Waals surface area contributed by atoms with E-state index >= 15 is 0 Å². The third kappa shape index (κ3) is 3.70. The van der Waals surface area contributed by atoms with Gasteiger partial charge in [-0.3, -0.25) is 0 Å². The highest BCUT2D eigenvalue weighted by Crippen LogP contribution is 2.19. The summed E-state index contributed by atoms with van der Waals surface area (Å²) in [6.45, 7) is 1.92. The second-order valence-electron chi connectivity index (χ2n) is 3.65. The Kier molecular flexibility index (Phi) is 3.59. The van der Waals surface area contributed by atoms with Crippen LogP contribution in [0.4, 0.5) is 0 Å². The van der Waals surface area contributed by atoms with Crippen molar-refractivity contribution in [3.05, 3.63) is 24.3 Å². The molecule has 1 rings (SSSR count). The van der Waals surface area contributed by atoms with E-state index in [1.165, 1.54) is 0 Å². The van der Waals surface area contributed by atoms with E-state index in [-0.39, 0.29) is 5.24 Å². The average molecular weight is 210 g/mol. The molecule has 0 aliphatic carbocycles. The molecule has 0 aliphatic rings. The van der Waals surface area contributed by atoms with Gasteiger partial charge in [-0.15, -0.1) is 9.24 Å². The van der Waals surface area contributed by atoms with E-state index < -0.39 is 7.12 Å². The van der Waals surface area contributed by atoms with Gasteiger partial charge in [-0.25, -0.2) is 0 Å².